The lowest BCUT2D eigenvalue weighted by Gasteiger charge is -1.95. The zero-order valence-electron chi connectivity index (χ0n) is 9.03. The molecule has 0 saturated carbocycles. The molecule has 88 valence electrons. The fourth-order valence-corrected chi connectivity index (χ4v) is 1.51. The molecule has 0 saturated heterocycles. The highest BCUT2D eigenvalue weighted by molar-refractivity contribution is 6.30. The summed E-state index contributed by atoms with van der Waals surface area (Å²) >= 11 is 5.78. The second-order valence-electron chi connectivity index (χ2n) is 3.41. The fourth-order valence-electron chi connectivity index (χ4n) is 1.39. The van der Waals surface area contributed by atoms with E-state index in [4.69, 9.17) is 21.9 Å². The maximum absolute atomic E-state index is 11.3. The minimum atomic E-state index is -0.504. The number of carbonyl (C=O) groups excluding carboxylic acids is 1. The number of hydrazine groups is 1. The number of benzene rings is 1. The molecule has 2 rings (SSSR count). The van der Waals surface area contributed by atoms with Crippen LogP contribution in [0, 0.1) is 6.92 Å². The number of aromatic nitrogens is 1. The van der Waals surface area contributed by atoms with Gasteiger partial charge in [0, 0.05) is 10.6 Å². The molecule has 0 unspecified atom stereocenters. The largest absolute Gasteiger partial charge is 0.431 e. The van der Waals surface area contributed by atoms with Crippen molar-refractivity contribution in [1.29, 1.82) is 0 Å². The first-order chi connectivity index (χ1) is 8.11. The zero-order valence-corrected chi connectivity index (χ0v) is 9.78. The lowest BCUT2D eigenvalue weighted by molar-refractivity contribution is 0.0926. The first-order valence-corrected chi connectivity index (χ1v) is 5.24. The summed E-state index contributed by atoms with van der Waals surface area (Å²) in [6, 6.07) is 6.97. The van der Waals surface area contributed by atoms with E-state index in [1.165, 1.54) is 0 Å². The first kappa shape index (κ1) is 11.6. The van der Waals surface area contributed by atoms with Gasteiger partial charge < -0.3 is 4.42 Å². The van der Waals surface area contributed by atoms with Gasteiger partial charge >= 0.3 is 5.91 Å². The molecule has 6 heteroatoms. The van der Waals surface area contributed by atoms with Gasteiger partial charge in [-0.15, -0.1) is 0 Å². The van der Waals surface area contributed by atoms with E-state index >= 15 is 0 Å². The highest BCUT2D eigenvalue weighted by atomic mass is 35.5. The van der Waals surface area contributed by atoms with Gasteiger partial charge in [-0.25, -0.2) is 10.8 Å². The molecule has 0 spiro atoms. The van der Waals surface area contributed by atoms with E-state index in [2.05, 4.69) is 4.98 Å². The van der Waals surface area contributed by atoms with Gasteiger partial charge in [0.05, 0.1) is 5.69 Å². The number of nitrogens with zero attached hydrogens (tertiary/aromatic N) is 1. The minimum absolute atomic E-state index is 0.109. The molecule has 0 bridgehead atoms. The Balaban J connectivity index is 2.41. The number of halogens is 1. The number of amides is 1. The molecular weight excluding hydrogens is 242 g/mol. The number of rotatable bonds is 2. The van der Waals surface area contributed by atoms with Crippen molar-refractivity contribution in [2.45, 2.75) is 6.92 Å². The third-order valence-electron chi connectivity index (χ3n) is 2.23. The van der Waals surface area contributed by atoms with Crippen molar-refractivity contribution < 1.29 is 9.21 Å². The van der Waals surface area contributed by atoms with Gasteiger partial charge in [-0.2, -0.15) is 0 Å². The van der Waals surface area contributed by atoms with Crippen LogP contribution in [0.2, 0.25) is 5.02 Å². The third kappa shape index (κ3) is 2.30. The van der Waals surface area contributed by atoms with Crippen LogP contribution >= 0.6 is 11.6 Å². The van der Waals surface area contributed by atoms with Gasteiger partial charge in [0.1, 0.15) is 0 Å². The predicted octanol–water partition coefficient (Wildman–Crippen LogP) is 1.91. The maximum atomic E-state index is 11.3. The molecule has 0 fully saturated rings. The van der Waals surface area contributed by atoms with E-state index in [0.29, 0.717) is 16.6 Å². The average molecular weight is 252 g/mol. The number of hydrogen-bond donors (Lipinski definition) is 2. The van der Waals surface area contributed by atoms with Crippen LogP contribution < -0.4 is 11.3 Å². The van der Waals surface area contributed by atoms with E-state index in [1.54, 1.807) is 31.2 Å². The molecule has 1 heterocycles. The van der Waals surface area contributed by atoms with Gasteiger partial charge in [0.2, 0.25) is 11.7 Å². The van der Waals surface area contributed by atoms with Crippen LogP contribution in [0.25, 0.3) is 11.5 Å². The summed E-state index contributed by atoms with van der Waals surface area (Å²) in [6.45, 7) is 1.67. The summed E-state index contributed by atoms with van der Waals surface area (Å²) in [6.07, 6.45) is 0. The SMILES string of the molecule is Cc1nc(-c2ccc(Cl)cc2)oc1C(=O)NN. The van der Waals surface area contributed by atoms with Crippen LogP contribution in [0.3, 0.4) is 0 Å². The second kappa shape index (κ2) is 4.57. The van der Waals surface area contributed by atoms with Crippen LogP contribution in [-0.2, 0) is 0 Å². The molecule has 0 aliphatic carbocycles. The molecule has 1 aromatic carbocycles. The Morgan fingerprint density at radius 2 is 2.06 bits per heavy atom. The van der Waals surface area contributed by atoms with Gasteiger partial charge in [-0.1, -0.05) is 11.6 Å². The van der Waals surface area contributed by atoms with Gasteiger partial charge in [-0.05, 0) is 31.2 Å². The summed E-state index contributed by atoms with van der Waals surface area (Å²) in [5.74, 6) is 5.00. The zero-order chi connectivity index (χ0) is 12.4. The molecule has 17 heavy (non-hydrogen) atoms. The van der Waals surface area contributed by atoms with Gasteiger partial charge in [0.25, 0.3) is 0 Å². The van der Waals surface area contributed by atoms with Crippen molar-refractivity contribution in [2.24, 2.45) is 5.84 Å². The second-order valence-corrected chi connectivity index (χ2v) is 3.85. The molecule has 1 aromatic heterocycles. The monoisotopic (exact) mass is 251 g/mol. The molecule has 5 nitrogen and oxygen atoms in total. The van der Waals surface area contributed by atoms with E-state index in [0.717, 1.165) is 5.56 Å². The topological polar surface area (TPSA) is 81.2 Å². The highest BCUT2D eigenvalue weighted by Gasteiger charge is 2.17. The van der Waals surface area contributed by atoms with Crippen molar-refractivity contribution >= 4 is 17.5 Å². The number of carbonyl (C=O) groups is 1. The van der Waals surface area contributed by atoms with Crippen molar-refractivity contribution in [3.8, 4) is 11.5 Å². The molecule has 0 aliphatic heterocycles. The van der Waals surface area contributed by atoms with Crippen molar-refractivity contribution in [3.05, 3.63) is 40.7 Å². The number of nitrogen functional groups attached to an aromatic ring is 1. The summed E-state index contributed by atoms with van der Waals surface area (Å²) in [5, 5.41) is 0.622. The number of oxazole rings is 1. The third-order valence-corrected chi connectivity index (χ3v) is 2.48. The van der Waals surface area contributed by atoms with Gasteiger partial charge in [0.15, 0.2) is 0 Å². The summed E-state index contributed by atoms with van der Waals surface area (Å²) in [5.41, 5.74) is 3.23. The molecule has 3 N–H and O–H groups in total. The lowest BCUT2D eigenvalue weighted by atomic mass is 10.2. The van der Waals surface area contributed by atoms with Crippen molar-refractivity contribution in [2.75, 3.05) is 0 Å². The summed E-state index contributed by atoms with van der Waals surface area (Å²) in [7, 11) is 0. The molecular formula is C11H10ClN3O2. The molecule has 2 aromatic rings. The first-order valence-electron chi connectivity index (χ1n) is 4.86. The highest BCUT2D eigenvalue weighted by Crippen LogP contribution is 2.23. The van der Waals surface area contributed by atoms with Gasteiger partial charge in [-0.3, -0.25) is 10.2 Å². The maximum Gasteiger partial charge on any atom is 0.302 e. The number of hydrogen-bond acceptors (Lipinski definition) is 4. The summed E-state index contributed by atoms with van der Waals surface area (Å²) < 4.78 is 5.35. The predicted molar refractivity (Wildman–Crippen MR) is 63.3 cm³/mol. The quantitative estimate of drug-likeness (QED) is 0.485. The Bertz CT molecular complexity index is 548. The fraction of sp³-hybridized carbons (Fsp3) is 0.0909. The standard InChI is InChI=1S/C11H10ClN3O2/c1-6-9(10(16)15-13)17-11(14-6)7-2-4-8(12)5-3-7/h2-5H,13H2,1H3,(H,15,16). The van der Waals surface area contributed by atoms with E-state index in [9.17, 15) is 4.79 Å². The number of nitrogens with one attached hydrogen (secondary N) is 1. The summed E-state index contributed by atoms with van der Waals surface area (Å²) in [4.78, 5) is 15.5. The van der Waals surface area contributed by atoms with Crippen LogP contribution in [0.1, 0.15) is 16.2 Å². The molecule has 0 radical (unpaired) electrons. The van der Waals surface area contributed by atoms with Crippen LogP contribution in [0.5, 0.6) is 0 Å². The van der Waals surface area contributed by atoms with Crippen LogP contribution in [0.4, 0.5) is 0 Å². The number of nitrogens with two attached hydrogens (primary N) is 1. The van der Waals surface area contributed by atoms with Crippen LogP contribution in [0.15, 0.2) is 28.7 Å². The Morgan fingerprint density at radius 1 is 1.41 bits per heavy atom. The van der Waals surface area contributed by atoms with E-state index in [1.807, 2.05) is 5.43 Å². The average Bonchev–Trinajstić information content (AvgIpc) is 2.71. The molecule has 0 aliphatic rings. The Hall–Kier alpha value is -1.85. The van der Waals surface area contributed by atoms with Crippen LogP contribution in [-0.4, -0.2) is 10.9 Å². The van der Waals surface area contributed by atoms with Crippen molar-refractivity contribution in [1.82, 2.24) is 10.4 Å². The Labute approximate surface area is 103 Å². The molecule has 1 amide bonds. The Morgan fingerprint density at radius 3 is 2.65 bits per heavy atom. The molecule has 0 atom stereocenters. The normalized spacial score (nSPS) is 10.3. The lowest BCUT2D eigenvalue weighted by Crippen LogP contribution is -2.30. The smallest absolute Gasteiger partial charge is 0.302 e. The van der Waals surface area contributed by atoms with Crippen molar-refractivity contribution in [3.63, 3.8) is 0 Å². The Kier molecular flexibility index (Phi) is 3.12. The van der Waals surface area contributed by atoms with E-state index < -0.39 is 5.91 Å². The number of aryl methyl sites for hydroxylation is 1. The minimum Gasteiger partial charge on any atom is -0.431 e. The van der Waals surface area contributed by atoms with E-state index in [-0.39, 0.29) is 5.76 Å².